The van der Waals surface area contributed by atoms with Crippen LogP contribution in [0.4, 0.5) is 0 Å². The van der Waals surface area contributed by atoms with Crippen LogP contribution >= 0.6 is 0 Å². The van der Waals surface area contributed by atoms with Crippen LogP contribution in [0.2, 0.25) is 0 Å². The predicted octanol–water partition coefficient (Wildman–Crippen LogP) is 0.914. The largest absolute Gasteiger partial charge is 0.486 e. The van der Waals surface area contributed by atoms with Crippen molar-refractivity contribution in [3.63, 3.8) is 0 Å². The Hall–Kier alpha value is -1.30. The molecule has 0 aromatic heterocycles. The van der Waals surface area contributed by atoms with E-state index in [9.17, 15) is 5.11 Å². The van der Waals surface area contributed by atoms with Gasteiger partial charge in [-0.3, -0.25) is 0 Å². The van der Waals surface area contributed by atoms with E-state index in [0.29, 0.717) is 25.8 Å². The second-order valence-corrected chi connectivity index (χ2v) is 5.56. The Labute approximate surface area is 119 Å². The highest BCUT2D eigenvalue weighted by molar-refractivity contribution is 5.44. The van der Waals surface area contributed by atoms with Crippen molar-refractivity contribution in [3.05, 3.63) is 23.8 Å². The fraction of sp³-hybridized carbons (Fsp3) is 0.600. The lowest BCUT2D eigenvalue weighted by atomic mass is 10.0. The minimum Gasteiger partial charge on any atom is -0.486 e. The molecule has 5 nitrogen and oxygen atoms in total. The van der Waals surface area contributed by atoms with Crippen LogP contribution in [0.3, 0.4) is 0 Å². The molecule has 2 heterocycles. The number of nitrogens with two attached hydrogens (primary N) is 1. The average Bonchev–Trinajstić information content (AvgIpc) is 2.49. The molecule has 3 N–H and O–H groups in total. The molecule has 2 aliphatic heterocycles. The molecule has 2 aliphatic rings. The van der Waals surface area contributed by atoms with E-state index in [-0.39, 0.29) is 0 Å². The highest BCUT2D eigenvalue weighted by Gasteiger charge is 2.21. The number of β-amino-alcohol motifs (C(OH)–C–C–N with tert-alkyl or cyclic N) is 1. The van der Waals surface area contributed by atoms with Crippen LogP contribution < -0.4 is 15.2 Å². The third-order valence-electron chi connectivity index (χ3n) is 4.01. The summed E-state index contributed by atoms with van der Waals surface area (Å²) in [5, 5.41) is 10.4. The Balaban J connectivity index is 1.63. The lowest BCUT2D eigenvalue weighted by Crippen LogP contribution is -2.41. The fourth-order valence-electron chi connectivity index (χ4n) is 2.75. The first kappa shape index (κ1) is 13.7. The van der Waals surface area contributed by atoms with E-state index in [0.717, 1.165) is 43.0 Å². The molecule has 1 fully saturated rings. The smallest absolute Gasteiger partial charge is 0.161 e. The van der Waals surface area contributed by atoms with Gasteiger partial charge in [0.1, 0.15) is 13.2 Å². The van der Waals surface area contributed by atoms with Crippen molar-refractivity contribution in [3.8, 4) is 11.5 Å². The lowest BCUT2D eigenvalue weighted by Gasteiger charge is -2.31. The Morgan fingerprint density at radius 3 is 2.65 bits per heavy atom. The highest BCUT2D eigenvalue weighted by Crippen LogP contribution is 2.32. The van der Waals surface area contributed by atoms with Gasteiger partial charge in [0.05, 0.1) is 6.10 Å². The van der Waals surface area contributed by atoms with E-state index in [1.165, 1.54) is 0 Å². The highest BCUT2D eigenvalue weighted by atomic mass is 16.6. The van der Waals surface area contributed by atoms with Crippen molar-refractivity contribution in [1.82, 2.24) is 4.90 Å². The number of piperidine rings is 1. The van der Waals surface area contributed by atoms with Gasteiger partial charge in [0.2, 0.25) is 0 Å². The zero-order valence-electron chi connectivity index (χ0n) is 11.6. The van der Waals surface area contributed by atoms with Crippen molar-refractivity contribution in [2.75, 3.05) is 32.8 Å². The maximum Gasteiger partial charge on any atom is 0.161 e. The average molecular weight is 278 g/mol. The van der Waals surface area contributed by atoms with Crippen molar-refractivity contribution in [2.45, 2.75) is 25.0 Å². The van der Waals surface area contributed by atoms with E-state index in [4.69, 9.17) is 15.2 Å². The SMILES string of the molecule is NC1CCN(CC(O)c2ccc3c(c2)OCCO3)CC1. The number of rotatable bonds is 3. The van der Waals surface area contributed by atoms with Crippen LogP contribution in [-0.2, 0) is 0 Å². The number of aliphatic hydroxyl groups excluding tert-OH is 1. The summed E-state index contributed by atoms with van der Waals surface area (Å²) < 4.78 is 11.0. The summed E-state index contributed by atoms with van der Waals surface area (Å²) in [5.41, 5.74) is 6.77. The zero-order valence-corrected chi connectivity index (χ0v) is 11.6. The molecular formula is C15H22N2O3. The molecule has 5 heteroatoms. The van der Waals surface area contributed by atoms with Crippen molar-refractivity contribution in [2.24, 2.45) is 5.73 Å². The first-order chi connectivity index (χ1) is 9.72. The molecule has 110 valence electrons. The molecule has 1 aromatic carbocycles. The maximum atomic E-state index is 10.4. The van der Waals surface area contributed by atoms with Gasteiger partial charge in [-0.1, -0.05) is 6.07 Å². The van der Waals surface area contributed by atoms with Crippen molar-refractivity contribution < 1.29 is 14.6 Å². The molecule has 20 heavy (non-hydrogen) atoms. The number of benzene rings is 1. The Bertz CT molecular complexity index is 458. The van der Waals surface area contributed by atoms with Gasteiger partial charge in [0, 0.05) is 12.6 Å². The van der Waals surface area contributed by atoms with Crippen LogP contribution in [0.25, 0.3) is 0 Å². The first-order valence-electron chi connectivity index (χ1n) is 7.28. The van der Waals surface area contributed by atoms with E-state index >= 15 is 0 Å². The normalized spacial score (nSPS) is 21.7. The summed E-state index contributed by atoms with van der Waals surface area (Å²) in [7, 11) is 0. The van der Waals surface area contributed by atoms with Crippen molar-refractivity contribution >= 4 is 0 Å². The van der Waals surface area contributed by atoms with E-state index in [1.807, 2.05) is 18.2 Å². The molecule has 0 radical (unpaired) electrons. The summed E-state index contributed by atoms with van der Waals surface area (Å²) in [6.07, 6.45) is 1.52. The molecule has 1 saturated heterocycles. The third kappa shape index (κ3) is 3.06. The van der Waals surface area contributed by atoms with Crippen LogP contribution in [0.5, 0.6) is 11.5 Å². The quantitative estimate of drug-likeness (QED) is 0.860. The Morgan fingerprint density at radius 1 is 1.20 bits per heavy atom. The minimum absolute atomic E-state index is 0.317. The van der Waals surface area contributed by atoms with Crippen LogP contribution in [-0.4, -0.2) is 48.9 Å². The summed E-state index contributed by atoms with van der Waals surface area (Å²) in [6.45, 7) is 3.72. The topological polar surface area (TPSA) is 68.0 Å². The number of aliphatic hydroxyl groups is 1. The fourth-order valence-corrected chi connectivity index (χ4v) is 2.75. The summed E-state index contributed by atoms with van der Waals surface area (Å²) in [4.78, 5) is 2.27. The Morgan fingerprint density at radius 2 is 1.90 bits per heavy atom. The molecule has 0 spiro atoms. The molecule has 0 amide bonds. The Kier molecular flexibility index (Phi) is 4.10. The maximum absolute atomic E-state index is 10.4. The number of hydrogen-bond donors (Lipinski definition) is 2. The van der Waals surface area contributed by atoms with Crippen LogP contribution in [0.1, 0.15) is 24.5 Å². The molecule has 1 unspecified atom stereocenters. The van der Waals surface area contributed by atoms with Gasteiger partial charge in [0.25, 0.3) is 0 Å². The van der Waals surface area contributed by atoms with Crippen molar-refractivity contribution in [1.29, 1.82) is 0 Å². The number of nitrogens with zero attached hydrogens (tertiary/aromatic N) is 1. The van der Waals surface area contributed by atoms with Gasteiger partial charge in [-0.15, -0.1) is 0 Å². The second-order valence-electron chi connectivity index (χ2n) is 5.56. The lowest BCUT2D eigenvalue weighted by molar-refractivity contribution is 0.0969. The molecule has 3 rings (SSSR count). The van der Waals surface area contributed by atoms with E-state index in [2.05, 4.69) is 4.90 Å². The predicted molar refractivity (Wildman–Crippen MR) is 76.0 cm³/mol. The number of likely N-dealkylation sites (tertiary alicyclic amines) is 1. The standard InChI is InChI=1S/C15H22N2O3/c16-12-3-5-17(6-4-12)10-13(18)11-1-2-14-15(9-11)20-8-7-19-14/h1-2,9,12-13,18H,3-8,10,16H2. The van der Waals surface area contributed by atoms with Gasteiger partial charge < -0.3 is 25.2 Å². The van der Waals surface area contributed by atoms with Gasteiger partial charge in [-0.25, -0.2) is 0 Å². The minimum atomic E-state index is -0.500. The van der Waals surface area contributed by atoms with Crippen LogP contribution in [0.15, 0.2) is 18.2 Å². The number of hydrogen-bond acceptors (Lipinski definition) is 5. The van der Waals surface area contributed by atoms with Gasteiger partial charge in [0.15, 0.2) is 11.5 Å². The summed E-state index contributed by atoms with van der Waals surface area (Å²) >= 11 is 0. The zero-order chi connectivity index (χ0) is 13.9. The van der Waals surface area contributed by atoms with Crippen LogP contribution in [0, 0.1) is 0 Å². The molecule has 1 atom stereocenters. The molecule has 0 saturated carbocycles. The molecule has 0 aliphatic carbocycles. The van der Waals surface area contributed by atoms with Gasteiger partial charge in [-0.2, -0.15) is 0 Å². The summed E-state index contributed by atoms with van der Waals surface area (Å²) in [5.74, 6) is 1.49. The summed E-state index contributed by atoms with van der Waals surface area (Å²) in [6, 6.07) is 5.99. The van der Waals surface area contributed by atoms with E-state index < -0.39 is 6.10 Å². The van der Waals surface area contributed by atoms with Gasteiger partial charge in [-0.05, 0) is 43.6 Å². The van der Waals surface area contributed by atoms with Gasteiger partial charge >= 0.3 is 0 Å². The second kappa shape index (κ2) is 5.99. The monoisotopic (exact) mass is 278 g/mol. The number of ether oxygens (including phenoxy) is 2. The molecule has 0 bridgehead atoms. The molecular weight excluding hydrogens is 256 g/mol. The van der Waals surface area contributed by atoms with E-state index in [1.54, 1.807) is 0 Å². The first-order valence-corrected chi connectivity index (χ1v) is 7.28. The molecule has 1 aromatic rings. The third-order valence-corrected chi connectivity index (χ3v) is 4.01. The number of fused-ring (bicyclic) bond motifs is 1.